The van der Waals surface area contributed by atoms with Gasteiger partial charge < -0.3 is 15.4 Å². The first kappa shape index (κ1) is 14.3. The molecule has 0 fully saturated rings. The number of aliphatic hydroxyl groups is 1. The molecule has 0 saturated carbocycles. The highest BCUT2D eigenvalue weighted by Crippen LogP contribution is 2.18. The predicted octanol–water partition coefficient (Wildman–Crippen LogP) is 2.77. The van der Waals surface area contributed by atoms with Crippen molar-refractivity contribution >= 4 is 16.8 Å². The molecule has 4 nitrogen and oxygen atoms in total. The van der Waals surface area contributed by atoms with E-state index in [-0.39, 0.29) is 18.3 Å². The molecule has 112 valence electrons. The molecular formula is C17H15FN2O2. The van der Waals surface area contributed by atoms with Crippen LogP contribution in [-0.2, 0) is 0 Å². The van der Waals surface area contributed by atoms with E-state index in [4.69, 9.17) is 0 Å². The maximum absolute atomic E-state index is 13.2. The number of benzene rings is 2. The number of rotatable bonds is 4. The molecule has 0 spiro atoms. The minimum atomic E-state index is -0.489. The quantitative estimate of drug-likeness (QED) is 0.693. The molecule has 2 aromatic carbocycles. The molecule has 1 unspecified atom stereocenters. The van der Waals surface area contributed by atoms with E-state index in [9.17, 15) is 14.3 Å². The van der Waals surface area contributed by atoms with Gasteiger partial charge in [0.25, 0.3) is 5.91 Å². The van der Waals surface area contributed by atoms with E-state index in [1.807, 2.05) is 30.3 Å². The number of nitrogens with one attached hydrogen (secondary N) is 2. The Hall–Kier alpha value is -2.66. The van der Waals surface area contributed by atoms with Gasteiger partial charge in [-0.05, 0) is 29.8 Å². The van der Waals surface area contributed by atoms with E-state index in [1.165, 1.54) is 12.1 Å². The Morgan fingerprint density at radius 2 is 1.95 bits per heavy atom. The van der Waals surface area contributed by atoms with Gasteiger partial charge >= 0.3 is 0 Å². The first-order chi connectivity index (χ1) is 10.7. The van der Waals surface area contributed by atoms with Gasteiger partial charge in [-0.25, -0.2) is 4.39 Å². The summed E-state index contributed by atoms with van der Waals surface area (Å²) in [6.07, 6.45) is 0. The van der Waals surface area contributed by atoms with Crippen molar-refractivity contribution in [2.24, 2.45) is 0 Å². The third-order valence-electron chi connectivity index (χ3n) is 3.52. The van der Waals surface area contributed by atoms with Crippen LogP contribution in [0.2, 0.25) is 0 Å². The van der Waals surface area contributed by atoms with Gasteiger partial charge in [0.1, 0.15) is 11.5 Å². The molecule has 3 rings (SSSR count). The molecule has 0 aliphatic carbocycles. The van der Waals surface area contributed by atoms with Gasteiger partial charge in [-0.15, -0.1) is 0 Å². The first-order valence-electron chi connectivity index (χ1n) is 6.92. The highest BCUT2D eigenvalue weighted by Gasteiger charge is 2.16. The minimum Gasteiger partial charge on any atom is -0.394 e. The Morgan fingerprint density at radius 3 is 2.68 bits per heavy atom. The van der Waals surface area contributed by atoms with Crippen molar-refractivity contribution in [1.82, 2.24) is 10.3 Å². The van der Waals surface area contributed by atoms with Gasteiger partial charge in [-0.1, -0.05) is 30.3 Å². The monoisotopic (exact) mass is 298 g/mol. The smallest absolute Gasteiger partial charge is 0.268 e. The van der Waals surface area contributed by atoms with Crippen LogP contribution in [0.4, 0.5) is 4.39 Å². The Kier molecular flexibility index (Phi) is 3.89. The number of hydrogen-bond donors (Lipinski definition) is 3. The Morgan fingerprint density at radius 1 is 1.18 bits per heavy atom. The van der Waals surface area contributed by atoms with E-state index in [2.05, 4.69) is 10.3 Å². The van der Waals surface area contributed by atoms with Crippen molar-refractivity contribution in [2.45, 2.75) is 6.04 Å². The number of aromatic nitrogens is 1. The van der Waals surface area contributed by atoms with Crippen LogP contribution in [0.5, 0.6) is 0 Å². The Balaban J connectivity index is 1.83. The topological polar surface area (TPSA) is 65.1 Å². The summed E-state index contributed by atoms with van der Waals surface area (Å²) < 4.78 is 13.2. The molecule has 1 amide bonds. The highest BCUT2D eigenvalue weighted by molar-refractivity contribution is 5.98. The number of aliphatic hydroxyl groups excluding tert-OH is 1. The van der Waals surface area contributed by atoms with Crippen molar-refractivity contribution in [1.29, 1.82) is 0 Å². The molecular weight excluding hydrogens is 283 g/mol. The summed E-state index contributed by atoms with van der Waals surface area (Å²) in [6.45, 7) is -0.204. The second-order valence-electron chi connectivity index (χ2n) is 5.03. The average molecular weight is 298 g/mol. The van der Waals surface area contributed by atoms with Crippen molar-refractivity contribution in [3.05, 3.63) is 71.7 Å². The largest absolute Gasteiger partial charge is 0.394 e. The number of H-pyrrole nitrogens is 1. The second-order valence-corrected chi connectivity index (χ2v) is 5.03. The third-order valence-corrected chi connectivity index (χ3v) is 3.52. The summed E-state index contributed by atoms with van der Waals surface area (Å²) in [6, 6.07) is 14.6. The van der Waals surface area contributed by atoms with Crippen molar-refractivity contribution in [3.8, 4) is 0 Å². The summed E-state index contributed by atoms with van der Waals surface area (Å²) >= 11 is 0. The van der Waals surface area contributed by atoms with Crippen LogP contribution in [0.3, 0.4) is 0 Å². The molecule has 3 aromatic rings. The zero-order valence-corrected chi connectivity index (χ0v) is 11.7. The van der Waals surface area contributed by atoms with E-state index < -0.39 is 6.04 Å². The molecule has 1 aromatic heterocycles. The lowest BCUT2D eigenvalue weighted by molar-refractivity contribution is 0.0912. The predicted molar refractivity (Wildman–Crippen MR) is 82.0 cm³/mol. The van der Waals surface area contributed by atoms with Crippen LogP contribution in [0.15, 0.2) is 54.6 Å². The number of amides is 1. The molecule has 1 heterocycles. The SMILES string of the molecule is O=C(NC(CO)c1ccccc1)c1cc2cc(F)ccc2[nH]1. The molecule has 3 N–H and O–H groups in total. The normalized spacial score (nSPS) is 12.3. The number of carbonyl (C=O) groups is 1. The molecule has 0 aliphatic heterocycles. The molecule has 0 saturated heterocycles. The second kappa shape index (κ2) is 5.99. The fraction of sp³-hybridized carbons (Fsp3) is 0.118. The molecule has 5 heteroatoms. The lowest BCUT2D eigenvalue weighted by Gasteiger charge is -2.16. The summed E-state index contributed by atoms with van der Waals surface area (Å²) in [5.41, 5.74) is 1.84. The van der Waals surface area contributed by atoms with Gasteiger partial charge in [0.15, 0.2) is 0 Å². The maximum Gasteiger partial charge on any atom is 0.268 e. The third kappa shape index (κ3) is 2.84. The van der Waals surface area contributed by atoms with Gasteiger partial charge in [-0.3, -0.25) is 4.79 Å². The van der Waals surface area contributed by atoms with Crippen LogP contribution >= 0.6 is 0 Å². The number of fused-ring (bicyclic) bond motifs is 1. The van der Waals surface area contributed by atoms with Gasteiger partial charge in [0.05, 0.1) is 12.6 Å². The number of aromatic amines is 1. The highest BCUT2D eigenvalue weighted by atomic mass is 19.1. The minimum absolute atomic E-state index is 0.204. The van der Waals surface area contributed by atoms with Crippen LogP contribution < -0.4 is 5.32 Å². The molecule has 0 bridgehead atoms. The zero-order valence-electron chi connectivity index (χ0n) is 11.7. The first-order valence-corrected chi connectivity index (χ1v) is 6.92. The van der Waals surface area contributed by atoms with Crippen LogP contribution in [0.25, 0.3) is 10.9 Å². The van der Waals surface area contributed by atoms with Gasteiger partial charge in [0, 0.05) is 10.9 Å². The number of halogens is 1. The van der Waals surface area contributed by atoms with Crippen LogP contribution in [0, 0.1) is 5.82 Å². The standard InChI is InChI=1S/C17H15FN2O2/c18-13-6-7-14-12(8-13)9-15(19-14)17(22)20-16(10-21)11-4-2-1-3-5-11/h1-9,16,19,21H,10H2,(H,20,22). The van der Waals surface area contributed by atoms with E-state index in [0.717, 1.165) is 5.56 Å². The lowest BCUT2D eigenvalue weighted by atomic mass is 10.1. The maximum atomic E-state index is 13.2. The molecule has 0 radical (unpaired) electrons. The lowest BCUT2D eigenvalue weighted by Crippen LogP contribution is -2.30. The van der Waals surface area contributed by atoms with Crippen molar-refractivity contribution < 1.29 is 14.3 Å². The summed E-state index contributed by atoms with van der Waals surface area (Å²) in [4.78, 5) is 15.2. The van der Waals surface area contributed by atoms with Crippen LogP contribution in [-0.4, -0.2) is 22.6 Å². The van der Waals surface area contributed by atoms with Crippen molar-refractivity contribution in [3.63, 3.8) is 0 Å². The summed E-state index contributed by atoms with van der Waals surface area (Å²) in [5.74, 6) is -0.699. The Labute approximate surface area is 126 Å². The average Bonchev–Trinajstić information content (AvgIpc) is 2.96. The van der Waals surface area contributed by atoms with Crippen molar-refractivity contribution in [2.75, 3.05) is 6.61 Å². The number of hydrogen-bond acceptors (Lipinski definition) is 2. The van der Waals surface area contributed by atoms with Crippen LogP contribution in [0.1, 0.15) is 22.1 Å². The summed E-state index contributed by atoms with van der Waals surface area (Å²) in [7, 11) is 0. The van der Waals surface area contributed by atoms with Gasteiger partial charge in [0.2, 0.25) is 0 Å². The zero-order chi connectivity index (χ0) is 15.5. The van der Waals surface area contributed by atoms with E-state index in [0.29, 0.717) is 16.6 Å². The van der Waals surface area contributed by atoms with E-state index in [1.54, 1.807) is 12.1 Å². The fourth-order valence-electron chi connectivity index (χ4n) is 2.38. The summed E-state index contributed by atoms with van der Waals surface area (Å²) in [5, 5.41) is 12.9. The molecule has 0 aliphatic rings. The number of carbonyl (C=O) groups excluding carboxylic acids is 1. The van der Waals surface area contributed by atoms with E-state index >= 15 is 0 Å². The van der Waals surface area contributed by atoms with Gasteiger partial charge in [-0.2, -0.15) is 0 Å². The molecule has 22 heavy (non-hydrogen) atoms. The Bertz CT molecular complexity index is 799. The fourth-order valence-corrected chi connectivity index (χ4v) is 2.38. The molecule has 1 atom stereocenters.